The Labute approximate surface area is 151 Å². The number of benzene rings is 2. The van der Waals surface area contributed by atoms with Crippen molar-refractivity contribution < 1.29 is 18.8 Å². The van der Waals surface area contributed by atoms with Crippen molar-refractivity contribution in [2.75, 3.05) is 4.90 Å². The van der Waals surface area contributed by atoms with Crippen molar-refractivity contribution >= 4 is 39.3 Å². The summed E-state index contributed by atoms with van der Waals surface area (Å²) in [6, 6.07) is 11.3. The van der Waals surface area contributed by atoms with Crippen LogP contribution in [0.3, 0.4) is 0 Å². The highest BCUT2D eigenvalue weighted by molar-refractivity contribution is 9.10. The molecule has 3 rings (SSSR count). The van der Waals surface area contributed by atoms with Crippen molar-refractivity contribution in [3.8, 4) is 0 Å². The lowest BCUT2D eigenvalue weighted by atomic mass is 10.2. The molecule has 0 spiro atoms. The second kappa shape index (κ2) is 7.12. The van der Waals surface area contributed by atoms with E-state index in [1.165, 1.54) is 24.3 Å². The molecule has 0 bridgehead atoms. The van der Waals surface area contributed by atoms with Gasteiger partial charge in [-0.3, -0.25) is 19.8 Å². The van der Waals surface area contributed by atoms with E-state index in [9.17, 15) is 18.8 Å². The van der Waals surface area contributed by atoms with Gasteiger partial charge in [-0.25, -0.2) is 14.7 Å². The van der Waals surface area contributed by atoms with Crippen LogP contribution in [0.5, 0.6) is 0 Å². The lowest BCUT2D eigenvalue weighted by Crippen LogP contribution is -2.48. The van der Waals surface area contributed by atoms with Gasteiger partial charge in [0.2, 0.25) is 5.91 Å². The minimum Gasteiger partial charge on any atom is -0.287 e. The Hall–Kier alpha value is -2.58. The number of anilines is 1. The zero-order valence-corrected chi connectivity index (χ0v) is 14.4. The van der Waals surface area contributed by atoms with Gasteiger partial charge < -0.3 is 0 Å². The molecule has 1 heterocycles. The number of para-hydroxylation sites is 1. The zero-order chi connectivity index (χ0) is 18.0. The number of amides is 3. The molecule has 2 aromatic rings. The van der Waals surface area contributed by atoms with Crippen LogP contribution in [0, 0.1) is 5.82 Å². The minimum absolute atomic E-state index is 0.0982. The topological polar surface area (TPSA) is 78.5 Å². The van der Waals surface area contributed by atoms with Crippen LogP contribution in [0.25, 0.3) is 0 Å². The van der Waals surface area contributed by atoms with E-state index in [4.69, 9.17) is 0 Å². The highest BCUT2D eigenvalue weighted by Gasteiger charge is 2.40. The van der Waals surface area contributed by atoms with Crippen molar-refractivity contribution in [2.45, 2.75) is 12.5 Å². The van der Waals surface area contributed by atoms with Crippen LogP contribution in [0.2, 0.25) is 0 Å². The second-order valence-electron chi connectivity index (χ2n) is 5.35. The van der Waals surface area contributed by atoms with Crippen molar-refractivity contribution in [1.29, 1.82) is 0 Å². The molecule has 8 heteroatoms. The van der Waals surface area contributed by atoms with Crippen LogP contribution in [-0.2, 0) is 9.59 Å². The summed E-state index contributed by atoms with van der Waals surface area (Å²) in [5, 5.41) is 0. The standard InChI is InChI=1S/C17H13BrFN3O3/c18-11-6-2-1-5-10(11)16(24)21-20-13-9-15(23)22(17(13)25)14-8-4-3-7-12(14)19/h1-8,13,20H,9H2,(H,21,24)/t13-/m0/s1. The van der Waals surface area contributed by atoms with E-state index >= 15 is 0 Å². The van der Waals surface area contributed by atoms with Crippen LogP contribution >= 0.6 is 15.9 Å². The Balaban J connectivity index is 1.70. The van der Waals surface area contributed by atoms with E-state index in [0.29, 0.717) is 10.0 Å². The number of hydrogen-bond donors (Lipinski definition) is 2. The number of nitrogens with one attached hydrogen (secondary N) is 2. The van der Waals surface area contributed by atoms with Gasteiger partial charge in [-0.2, -0.15) is 0 Å². The molecule has 6 nitrogen and oxygen atoms in total. The predicted octanol–water partition coefficient (Wildman–Crippen LogP) is 2.15. The van der Waals surface area contributed by atoms with E-state index in [1.807, 2.05) is 0 Å². The fourth-order valence-electron chi connectivity index (χ4n) is 2.50. The maximum atomic E-state index is 13.9. The van der Waals surface area contributed by atoms with Gasteiger partial charge in [-0.05, 0) is 40.2 Å². The number of hydrazine groups is 1. The van der Waals surface area contributed by atoms with E-state index in [-0.39, 0.29) is 12.1 Å². The van der Waals surface area contributed by atoms with Gasteiger partial charge in [0.25, 0.3) is 11.8 Å². The summed E-state index contributed by atoms with van der Waals surface area (Å²) in [5.41, 5.74) is 5.23. The lowest BCUT2D eigenvalue weighted by molar-refractivity contribution is -0.121. The Morgan fingerprint density at radius 2 is 1.80 bits per heavy atom. The molecule has 2 N–H and O–H groups in total. The predicted molar refractivity (Wildman–Crippen MR) is 92.0 cm³/mol. The minimum atomic E-state index is -0.960. The maximum absolute atomic E-state index is 13.9. The van der Waals surface area contributed by atoms with Crippen molar-refractivity contribution in [2.24, 2.45) is 0 Å². The third-order valence-corrected chi connectivity index (χ3v) is 4.41. The first kappa shape index (κ1) is 17.2. The zero-order valence-electron chi connectivity index (χ0n) is 12.8. The van der Waals surface area contributed by atoms with Crippen LogP contribution < -0.4 is 15.8 Å². The smallest absolute Gasteiger partial charge is 0.266 e. The lowest BCUT2D eigenvalue weighted by Gasteiger charge is -2.16. The highest BCUT2D eigenvalue weighted by atomic mass is 79.9. The number of rotatable bonds is 4. The van der Waals surface area contributed by atoms with Crippen molar-refractivity contribution in [3.05, 3.63) is 64.4 Å². The van der Waals surface area contributed by atoms with Gasteiger partial charge in [0.05, 0.1) is 17.7 Å². The first-order valence-corrected chi connectivity index (χ1v) is 8.20. The van der Waals surface area contributed by atoms with Gasteiger partial charge in [0.1, 0.15) is 11.9 Å². The van der Waals surface area contributed by atoms with Crippen LogP contribution in [0.1, 0.15) is 16.8 Å². The average molecular weight is 406 g/mol. The Bertz CT molecular complexity index is 859. The first-order chi connectivity index (χ1) is 12.0. The molecule has 2 aromatic carbocycles. The molecule has 1 aliphatic heterocycles. The molecule has 1 aliphatic rings. The van der Waals surface area contributed by atoms with Crippen LogP contribution in [0.15, 0.2) is 53.0 Å². The molecule has 0 aliphatic carbocycles. The SMILES string of the molecule is O=C(NN[C@H]1CC(=O)N(c2ccccc2F)C1=O)c1ccccc1Br. The Morgan fingerprint density at radius 1 is 1.12 bits per heavy atom. The summed E-state index contributed by atoms with van der Waals surface area (Å²) in [6.07, 6.45) is -0.177. The summed E-state index contributed by atoms with van der Waals surface area (Å²) in [6.45, 7) is 0. The van der Waals surface area contributed by atoms with Crippen molar-refractivity contribution in [3.63, 3.8) is 0 Å². The maximum Gasteiger partial charge on any atom is 0.266 e. The second-order valence-corrected chi connectivity index (χ2v) is 6.21. The van der Waals surface area contributed by atoms with Gasteiger partial charge >= 0.3 is 0 Å². The van der Waals surface area contributed by atoms with E-state index in [0.717, 1.165) is 4.90 Å². The number of nitrogens with zero attached hydrogens (tertiary/aromatic N) is 1. The van der Waals surface area contributed by atoms with Gasteiger partial charge in [-0.15, -0.1) is 0 Å². The Morgan fingerprint density at radius 3 is 2.52 bits per heavy atom. The number of carbonyl (C=O) groups is 3. The third kappa shape index (κ3) is 3.45. The number of hydrogen-bond acceptors (Lipinski definition) is 4. The monoisotopic (exact) mass is 405 g/mol. The summed E-state index contributed by atoms with van der Waals surface area (Å²) in [7, 11) is 0. The molecule has 1 atom stereocenters. The largest absolute Gasteiger partial charge is 0.287 e. The van der Waals surface area contributed by atoms with Gasteiger partial charge in [0.15, 0.2) is 0 Å². The fraction of sp³-hybridized carbons (Fsp3) is 0.118. The Kier molecular flexibility index (Phi) is 4.91. The average Bonchev–Trinajstić information content (AvgIpc) is 2.87. The molecule has 0 aromatic heterocycles. The molecule has 1 fully saturated rings. The molecule has 0 saturated carbocycles. The normalized spacial score (nSPS) is 17.0. The molecule has 0 unspecified atom stereocenters. The number of imide groups is 1. The molecular formula is C17H13BrFN3O3. The number of halogens is 2. The summed E-state index contributed by atoms with van der Waals surface area (Å²) >= 11 is 3.26. The van der Waals surface area contributed by atoms with E-state index in [1.54, 1.807) is 24.3 Å². The van der Waals surface area contributed by atoms with E-state index < -0.39 is 29.6 Å². The van der Waals surface area contributed by atoms with E-state index in [2.05, 4.69) is 26.8 Å². The summed E-state index contributed by atoms with van der Waals surface area (Å²) in [5.74, 6) is -2.29. The summed E-state index contributed by atoms with van der Waals surface area (Å²) in [4.78, 5) is 37.4. The molecule has 3 amide bonds. The molecule has 25 heavy (non-hydrogen) atoms. The molecule has 128 valence electrons. The quantitative estimate of drug-likeness (QED) is 0.603. The molecule has 0 radical (unpaired) electrons. The van der Waals surface area contributed by atoms with Crippen LogP contribution in [-0.4, -0.2) is 23.8 Å². The third-order valence-electron chi connectivity index (χ3n) is 3.72. The fourth-order valence-corrected chi connectivity index (χ4v) is 2.96. The summed E-state index contributed by atoms with van der Waals surface area (Å²) < 4.78 is 14.4. The molecular weight excluding hydrogens is 393 g/mol. The van der Waals surface area contributed by atoms with Gasteiger partial charge in [-0.1, -0.05) is 24.3 Å². The van der Waals surface area contributed by atoms with Crippen molar-refractivity contribution in [1.82, 2.24) is 10.9 Å². The first-order valence-electron chi connectivity index (χ1n) is 7.41. The highest BCUT2D eigenvalue weighted by Crippen LogP contribution is 2.25. The number of carbonyl (C=O) groups excluding carboxylic acids is 3. The van der Waals surface area contributed by atoms with Gasteiger partial charge in [0, 0.05) is 4.47 Å². The molecule has 1 saturated heterocycles. The van der Waals surface area contributed by atoms with Crippen LogP contribution in [0.4, 0.5) is 10.1 Å².